The molecule has 1 unspecified atom stereocenters. The van der Waals surface area contributed by atoms with E-state index in [0.29, 0.717) is 4.90 Å². The monoisotopic (exact) mass is 438 g/mol. The number of halogens is 3. The Morgan fingerprint density at radius 1 is 1.10 bits per heavy atom. The minimum atomic E-state index is -4.85. The number of carbonyl (C=O) groups excluding carboxylic acids is 3. The number of nitrogens with one attached hydrogen (secondary N) is 1. The van der Waals surface area contributed by atoms with Crippen LogP contribution in [0.5, 0.6) is 0 Å². The van der Waals surface area contributed by atoms with Crippen LogP contribution in [0.25, 0.3) is 0 Å². The lowest BCUT2D eigenvalue weighted by Crippen LogP contribution is -2.51. The third-order valence-electron chi connectivity index (χ3n) is 4.23. The van der Waals surface area contributed by atoms with Gasteiger partial charge in [0.15, 0.2) is 6.61 Å². The van der Waals surface area contributed by atoms with E-state index in [1.54, 1.807) is 24.3 Å². The van der Waals surface area contributed by atoms with Crippen LogP contribution >= 0.6 is 11.8 Å². The normalized spacial score (nSPS) is 16.3. The number of carbonyl (C=O) groups is 3. The molecule has 0 saturated heterocycles. The lowest BCUT2D eigenvalue weighted by Gasteiger charge is -2.31. The van der Waals surface area contributed by atoms with Gasteiger partial charge in [0, 0.05) is 4.90 Å². The fourth-order valence-corrected chi connectivity index (χ4v) is 3.63. The number of amides is 2. The van der Waals surface area contributed by atoms with Gasteiger partial charge >= 0.3 is 12.1 Å². The second-order valence-corrected chi connectivity index (χ2v) is 7.40. The number of nitrogens with zero attached hydrogens (tertiary/aromatic N) is 1. The third kappa shape index (κ3) is 5.32. The third-order valence-corrected chi connectivity index (χ3v) is 5.22. The summed E-state index contributed by atoms with van der Waals surface area (Å²) >= 11 is 1.18. The smallest absolute Gasteiger partial charge is 0.409 e. The molecule has 1 atom stereocenters. The summed E-state index contributed by atoms with van der Waals surface area (Å²) in [6, 6.07) is 12.3. The number of thioether (sulfide) groups is 1. The number of fused-ring (bicyclic) bond motifs is 1. The minimum Gasteiger partial charge on any atom is -0.455 e. The summed E-state index contributed by atoms with van der Waals surface area (Å²) in [5.74, 6) is -2.77. The summed E-state index contributed by atoms with van der Waals surface area (Å²) in [6.45, 7) is -0.872. The molecule has 2 amide bonds. The van der Waals surface area contributed by atoms with Gasteiger partial charge in [-0.2, -0.15) is 13.2 Å². The van der Waals surface area contributed by atoms with E-state index in [2.05, 4.69) is 5.32 Å². The molecule has 6 nitrogen and oxygen atoms in total. The first-order chi connectivity index (χ1) is 14.3. The van der Waals surface area contributed by atoms with Gasteiger partial charge in [-0.1, -0.05) is 30.3 Å². The number of alkyl halides is 3. The van der Waals surface area contributed by atoms with Crippen LogP contribution in [-0.2, 0) is 19.1 Å². The van der Waals surface area contributed by atoms with Gasteiger partial charge in [0.2, 0.25) is 5.91 Å². The van der Waals surface area contributed by atoms with E-state index < -0.39 is 43.0 Å². The van der Waals surface area contributed by atoms with Crippen molar-refractivity contribution in [3.63, 3.8) is 0 Å². The highest BCUT2D eigenvalue weighted by Crippen LogP contribution is 2.37. The predicted octanol–water partition coefficient (Wildman–Crippen LogP) is 3.63. The van der Waals surface area contributed by atoms with Gasteiger partial charge in [-0.15, -0.1) is 11.8 Å². The molecule has 0 aromatic heterocycles. The number of anilines is 2. The van der Waals surface area contributed by atoms with Crippen LogP contribution in [-0.4, -0.2) is 42.4 Å². The summed E-state index contributed by atoms with van der Waals surface area (Å²) < 4.78 is 45.8. The first kappa shape index (κ1) is 21.7. The average Bonchev–Trinajstić information content (AvgIpc) is 2.87. The Kier molecular flexibility index (Phi) is 6.66. The van der Waals surface area contributed by atoms with Crippen LogP contribution in [0.4, 0.5) is 24.5 Å². The molecule has 1 N–H and O–H groups in total. The van der Waals surface area contributed by atoms with Crippen molar-refractivity contribution in [2.45, 2.75) is 23.5 Å². The Balaban J connectivity index is 1.73. The number of rotatable bonds is 5. The van der Waals surface area contributed by atoms with E-state index in [1.807, 2.05) is 6.07 Å². The van der Waals surface area contributed by atoms with Crippen molar-refractivity contribution in [1.29, 1.82) is 0 Å². The number of para-hydroxylation sites is 2. The maximum Gasteiger partial charge on any atom is 0.409 e. The lowest BCUT2D eigenvalue weighted by molar-refractivity contribution is -0.159. The van der Waals surface area contributed by atoms with Crippen LogP contribution < -0.4 is 10.2 Å². The molecule has 10 heteroatoms. The van der Waals surface area contributed by atoms with Crippen molar-refractivity contribution in [2.24, 2.45) is 0 Å². The summed E-state index contributed by atoms with van der Waals surface area (Å²) in [6.07, 6.45) is -5.81. The number of hydrogen-bond donors (Lipinski definition) is 1. The first-order valence-corrected chi connectivity index (χ1v) is 9.85. The van der Waals surface area contributed by atoms with Crippen LogP contribution in [0.3, 0.4) is 0 Å². The van der Waals surface area contributed by atoms with Crippen molar-refractivity contribution < 1.29 is 32.3 Å². The number of esters is 1. The second kappa shape index (κ2) is 9.21. The quantitative estimate of drug-likeness (QED) is 0.570. The van der Waals surface area contributed by atoms with Gasteiger partial charge in [-0.3, -0.25) is 19.3 Å². The molecule has 0 fully saturated rings. The van der Waals surface area contributed by atoms with Crippen molar-refractivity contribution in [1.82, 2.24) is 0 Å². The largest absolute Gasteiger partial charge is 0.455 e. The summed E-state index contributed by atoms with van der Waals surface area (Å²) in [7, 11) is 0. The molecule has 0 radical (unpaired) electrons. The Bertz CT molecular complexity index is 937. The predicted molar refractivity (Wildman–Crippen MR) is 105 cm³/mol. The molecule has 2 aromatic rings. The van der Waals surface area contributed by atoms with Gasteiger partial charge in [-0.25, -0.2) is 0 Å². The zero-order valence-corrected chi connectivity index (χ0v) is 16.3. The lowest BCUT2D eigenvalue weighted by atomic mass is 10.1. The number of benzene rings is 2. The van der Waals surface area contributed by atoms with Crippen molar-refractivity contribution in [2.75, 3.05) is 22.6 Å². The minimum absolute atomic E-state index is 0.0774. The van der Waals surface area contributed by atoms with Gasteiger partial charge in [0.05, 0.1) is 23.5 Å². The van der Waals surface area contributed by atoms with E-state index in [1.165, 1.54) is 36.0 Å². The first-order valence-electron chi connectivity index (χ1n) is 8.87. The van der Waals surface area contributed by atoms with Crippen molar-refractivity contribution >= 4 is 40.9 Å². The number of ether oxygens (including phenoxy) is 1. The van der Waals surface area contributed by atoms with Crippen LogP contribution in [0, 0.1) is 0 Å². The molecule has 0 bridgehead atoms. The average molecular weight is 438 g/mol. The van der Waals surface area contributed by atoms with Gasteiger partial charge in [0.1, 0.15) is 6.04 Å². The van der Waals surface area contributed by atoms with Crippen molar-refractivity contribution in [3.05, 3.63) is 54.6 Å². The topological polar surface area (TPSA) is 75.7 Å². The van der Waals surface area contributed by atoms with Crippen molar-refractivity contribution in [3.8, 4) is 0 Å². The highest BCUT2D eigenvalue weighted by atomic mass is 32.2. The fraction of sp³-hybridized carbons (Fsp3) is 0.250. The molecule has 0 spiro atoms. The second-order valence-electron chi connectivity index (χ2n) is 6.35. The van der Waals surface area contributed by atoms with E-state index in [9.17, 15) is 27.6 Å². The van der Waals surface area contributed by atoms with E-state index in [-0.39, 0.29) is 17.1 Å². The molecule has 0 saturated carbocycles. The zero-order chi connectivity index (χ0) is 21.7. The van der Waals surface area contributed by atoms with Gasteiger partial charge < -0.3 is 10.1 Å². The Morgan fingerprint density at radius 3 is 2.47 bits per heavy atom. The zero-order valence-electron chi connectivity index (χ0n) is 15.5. The van der Waals surface area contributed by atoms with Crippen LogP contribution in [0.1, 0.15) is 6.42 Å². The van der Waals surface area contributed by atoms with Gasteiger partial charge in [0.25, 0.3) is 5.91 Å². The highest BCUT2D eigenvalue weighted by molar-refractivity contribution is 8.00. The van der Waals surface area contributed by atoms with Crippen LogP contribution in [0.15, 0.2) is 59.5 Å². The van der Waals surface area contributed by atoms with E-state index >= 15 is 0 Å². The molecule has 0 aliphatic carbocycles. The molecule has 158 valence electrons. The Morgan fingerprint density at radius 2 is 1.77 bits per heavy atom. The molecular weight excluding hydrogens is 421 g/mol. The molecule has 1 heterocycles. The summed E-state index contributed by atoms with van der Waals surface area (Å²) in [5.41, 5.74) is -0.0288. The van der Waals surface area contributed by atoms with E-state index in [4.69, 9.17) is 4.74 Å². The Labute approximate surface area is 174 Å². The standard InChI is InChI=1S/C20H17F3N2O4S/c21-20(22,23)16-10-17(26)24-14-8-4-5-9-15(14)25(16)18(27)11-29-19(28)12-30-13-6-2-1-3-7-13/h1-9,16H,10-12H2,(H,24,26). The molecular formula is C20H17F3N2O4S. The summed E-state index contributed by atoms with van der Waals surface area (Å²) in [5, 5.41) is 2.37. The maximum absolute atomic E-state index is 13.6. The maximum atomic E-state index is 13.6. The Hall–Kier alpha value is -3.01. The SMILES string of the molecule is O=C1CC(C(F)(F)F)N(C(=O)COC(=O)CSc2ccccc2)c2ccccc2N1. The molecule has 1 aliphatic rings. The number of hydrogen-bond acceptors (Lipinski definition) is 5. The molecule has 30 heavy (non-hydrogen) atoms. The molecule has 1 aliphatic heterocycles. The summed E-state index contributed by atoms with van der Waals surface area (Å²) in [4.78, 5) is 37.8. The molecule has 2 aromatic carbocycles. The van der Waals surface area contributed by atoms with Crippen LogP contribution in [0.2, 0.25) is 0 Å². The molecule has 3 rings (SSSR count). The van der Waals surface area contributed by atoms with E-state index in [0.717, 1.165) is 4.90 Å². The van der Waals surface area contributed by atoms with Gasteiger partial charge in [-0.05, 0) is 24.3 Å². The fourth-order valence-electron chi connectivity index (χ4n) is 2.91. The highest BCUT2D eigenvalue weighted by Gasteiger charge is 2.49.